The minimum atomic E-state index is -4.04. The van der Waals surface area contributed by atoms with Gasteiger partial charge in [-0.2, -0.15) is 5.10 Å². The molecule has 1 atom stereocenters. The highest BCUT2D eigenvalue weighted by molar-refractivity contribution is 8.13. The van der Waals surface area contributed by atoms with Crippen LogP contribution < -0.4 is 15.8 Å². The summed E-state index contributed by atoms with van der Waals surface area (Å²) in [5.41, 5.74) is 5.93. The highest BCUT2D eigenvalue weighted by Crippen LogP contribution is 2.27. The summed E-state index contributed by atoms with van der Waals surface area (Å²) in [7, 11) is 1.38. The summed E-state index contributed by atoms with van der Waals surface area (Å²) in [5.74, 6) is -1.05. The number of carbonyl (C=O) groups is 2. The Morgan fingerprint density at radius 3 is 2.62 bits per heavy atom. The molecule has 0 fully saturated rings. The van der Waals surface area contributed by atoms with Gasteiger partial charge >= 0.3 is 0 Å². The Kier molecular flexibility index (Phi) is 7.63. The Morgan fingerprint density at radius 2 is 2.03 bits per heavy atom. The van der Waals surface area contributed by atoms with E-state index < -0.39 is 26.9 Å². The molecule has 1 aromatic heterocycles. The lowest BCUT2D eigenvalue weighted by Gasteiger charge is -2.19. The molecule has 0 aliphatic rings. The van der Waals surface area contributed by atoms with E-state index in [2.05, 4.69) is 15.5 Å². The zero-order chi connectivity index (χ0) is 21.6. The number of nitrogens with zero attached hydrogens (tertiary/aromatic N) is 1. The molecule has 0 bridgehead atoms. The van der Waals surface area contributed by atoms with Crippen LogP contribution in [0.4, 0.5) is 0 Å². The number of benzene rings is 1. The van der Waals surface area contributed by atoms with Crippen LogP contribution >= 0.6 is 10.7 Å². The van der Waals surface area contributed by atoms with Crippen LogP contribution in [-0.4, -0.2) is 37.0 Å². The molecule has 0 aliphatic carbocycles. The number of primary amides is 1. The number of nitrogens with one attached hydrogen (secondary N) is 2. The predicted octanol–water partition coefficient (Wildman–Crippen LogP) is 2.50. The van der Waals surface area contributed by atoms with E-state index in [-0.39, 0.29) is 21.9 Å². The molecule has 0 saturated carbocycles. The average Bonchev–Trinajstić information content (AvgIpc) is 3.15. The highest BCUT2D eigenvalue weighted by atomic mass is 35.7. The zero-order valence-corrected chi connectivity index (χ0v) is 17.6. The lowest BCUT2D eigenvalue weighted by molar-refractivity contribution is 0.0925. The standard InChI is InChI=1S/C18H23ClN4O5S/c1-3-5-14(13-10-21-23-16(13)17(20)24)22-18(25)12-9-11(29(19,26)27)6-7-15(12)28-8-4-2/h6-7,9-10,14H,3-5,8H2,1-2H3,(H2,20,24)(H,21,23)(H,22,25). The topological polar surface area (TPSA) is 144 Å². The number of halogens is 1. The summed E-state index contributed by atoms with van der Waals surface area (Å²) in [6.45, 7) is 4.16. The average molecular weight is 443 g/mol. The van der Waals surface area contributed by atoms with Crippen LogP contribution in [0.25, 0.3) is 0 Å². The summed E-state index contributed by atoms with van der Waals surface area (Å²) in [5, 5.41) is 9.16. The van der Waals surface area contributed by atoms with Gasteiger partial charge in [0.2, 0.25) is 0 Å². The van der Waals surface area contributed by atoms with Crippen LogP contribution in [0, 0.1) is 0 Å². The van der Waals surface area contributed by atoms with Gasteiger partial charge in [0, 0.05) is 16.2 Å². The summed E-state index contributed by atoms with van der Waals surface area (Å²) < 4.78 is 29.0. The Labute approximate surface area is 173 Å². The van der Waals surface area contributed by atoms with Crippen molar-refractivity contribution >= 4 is 31.5 Å². The molecule has 29 heavy (non-hydrogen) atoms. The van der Waals surface area contributed by atoms with Crippen molar-refractivity contribution in [2.45, 2.75) is 44.0 Å². The van der Waals surface area contributed by atoms with Crippen molar-refractivity contribution in [3.63, 3.8) is 0 Å². The van der Waals surface area contributed by atoms with E-state index >= 15 is 0 Å². The van der Waals surface area contributed by atoms with Gasteiger partial charge in [-0.05, 0) is 31.0 Å². The van der Waals surface area contributed by atoms with E-state index in [1.807, 2.05) is 13.8 Å². The van der Waals surface area contributed by atoms with Gasteiger partial charge in [0.05, 0.1) is 29.3 Å². The number of aromatic nitrogens is 2. The largest absolute Gasteiger partial charge is 0.493 e. The molecule has 0 aliphatic heterocycles. The summed E-state index contributed by atoms with van der Waals surface area (Å²) in [6, 6.07) is 3.26. The van der Waals surface area contributed by atoms with Gasteiger partial charge in [0.25, 0.3) is 20.9 Å². The molecule has 1 unspecified atom stereocenters. The van der Waals surface area contributed by atoms with E-state index in [1.54, 1.807) is 0 Å². The molecule has 2 aromatic rings. The van der Waals surface area contributed by atoms with Crippen LogP contribution in [-0.2, 0) is 9.05 Å². The molecule has 2 rings (SSSR count). The first-order valence-corrected chi connectivity index (χ1v) is 11.3. The summed E-state index contributed by atoms with van der Waals surface area (Å²) in [4.78, 5) is 24.4. The summed E-state index contributed by atoms with van der Waals surface area (Å²) in [6.07, 6.45) is 3.33. The van der Waals surface area contributed by atoms with Crippen molar-refractivity contribution < 1.29 is 22.7 Å². The van der Waals surface area contributed by atoms with Crippen molar-refractivity contribution in [2.24, 2.45) is 5.73 Å². The van der Waals surface area contributed by atoms with Crippen LogP contribution in [0.1, 0.15) is 65.6 Å². The van der Waals surface area contributed by atoms with Crippen LogP contribution in [0.5, 0.6) is 5.75 Å². The first-order chi connectivity index (χ1) is 13.7. The maximum absolute atomic E-state index is 13.0. The fourth-order valence-electron chi connectivity index (χ4n) is 2.76. The molecule has 2 amide bonds. The van der Waals surface area contributed by atoms with E-state index in [0.717, 1.165) is 6.07 Å². The third-order valence-electron chi connectivity index (χ3n) is 4.11. The molecule has 0 radical (unpaired) electrons. The number of hydrogen-bond acceptors (Lipinski definition) is 6. The van der Waals surface area contributed by atoms with E-state index in [4.69, 9.17) is 21.2 Å². The van der Waals surface area contributed by atoms with E-state index in [0.29, 0.717) is 31.4 Å². The Hall–Kier alpha value is -2.59. The number of nitrogens with two attached hydrogens (primary N) is 1. The number of ether oxygens (including phenoxy) is 1. The molecule has 0 spiro atoms. The monoisotopic (exact) mass is 442 g/mol. The number of rotatable bonds is 10. The SMILES string of the molecule is CCCOc1ccc(S(=O)(=O)Cl)cc1C(=O)NC(CCC)c1cn[nH]c1C(N)=O. The molecular weight excluding hydrogens is 420 g/mol. The number of amides is 2. The second-order valence-electron chi connectivity index (χ2n) is 6.32. The van der Waals surface area contributed by atoms with Gasteiger partial charge in [0.15, 0.2) is 0 Å². The molecule has 4 N–H and O–H groups in total. The van der Waals surface area contributed by atoms with E-state index in [9.17, 15) is 18.0 Å². The number of H-pyrrole nitrogens is 1. The van der Waals surface area contributed by atoms with Crippen molar-refractivity contribution in [3.05, 3.63) is 41.2 Å². The van der Waals surface area contributed by atoms with Crippen LogP contribution in [0.3, 0.4) is 0 Å². The number of carbonyl (C=O) groups excluding carboxylic acids is 2. The predicted molar refractivity (Wildman–Crippen MR) is 107 cm³/mol. The third-order valence-corrected chi connectivity index (χ3v) is 5.46. The Bertz CT molecular complexity index is 990. The van der Waals surface area contributed by atoms with Gasteiger partial charge in [-0.25, -0.2) is 8.42 Å². The van der Waals surface area contributed by atoms with Gasteiger partial charge in [-0.3, -0.25) is 14.7 Å². The molecule has 0 saturated heterocycles. The molecule has 1 heterocycles. The molecule has 158 valence electrons. The number of aromatic amines is 1. The first kappa shape index (κ1) is 22.7. The third kappa shape index (κ3) is 5.70. The van der Waals surface area contributed by atoms with Crippen LogP contribution in [0.15, 0.2) is 29.3 Å². The minimum Gasteiger partial charge on any atom is -0.493 e. The van der Waals surface area contributed by atoms with Gasteiger partial charge in [-0.1, -0.05) is 20.3 Å². The van der Waals surface area contributed by atoms with Gasteiger partial charge < -0.3 is 15.8 Å². The van der Waals surface area contributed by atoms with Crippen molar-refractivity contribution in [1.82, 2.24) is 15.5 Å². The fourth-order valence-corrected chi connectivity index (χ4v) is 3.54. The van der Waals surface area contributed by atoms with Crippen molar-refractivity contribution in [2.75, 3.05) is 6.61 Å². The normalized spacial score (nSPS) is 12.4. The molecule has 1 aromatic carbocycles. The summed E-state index contributed by atoms with van der Waals surface area (Å²) >= 11 is 0. The lowest BCUT2D eigenvalue weighted by atomic mass is 10.0. The molecular formula is C18H23ClN4O5S. The van der Waals surface area contributed by atoms with Crippen LogP contribution in [0.2, 0.25) is 0 Å². The Balaban J connectivity index is 2.42. The molecule has 9 nitrogen and oxygen atoms in total. The Morgan fingerprint density at radius 1 is 1.31 bits per heavy atom. The van der Waals surface area contributed by atoms with E-state index in [1.165, 1.54) is 18.3 Å². The second-order valence-corrected chi connectivity index (χ2v) is 8.89. The van der Waals surface area contributed by atoms with Gasteiger partial charge in [-0.15, -0.1) is 0 Å². The highest BCUT2D eigenvalue weighted by Gasteiger charge is 2.24. The lowest BCUT2D eigenvalue weighted by Crippen LogP contribution is -2.30. The fraction of sp³-hybridized carbons (Fsp3) is 0.389. The quantitative estimate of drug-likeness (QED) is 0.482. The smallest absolute Gasteiger partial charge is 0.267 e. The molecule has 11 heteroatoms. The maximum Gasteiger partial charge on any atom is 0.267 e. The van der Waals surface area contributed by atoms with Crippen molar-refractivity contribution in [1.29, 1.82) is 0 Å². The minimum absolute atomic E-state index is 0.0189. The zero-order valence-electron chi connectivity index (χ0n) is 16.1. The maximum atomic E-state index is 13.0. The second kappa shape index (κ2) is 9.75. The first-order valence-electron chi connectivity index (χ1n) is 9.04. The number of hydrogen-bond donors (Lipinski definition) is 3. The van der Waals surface area contributed by atoms with Gasteiger partial charge in [0.1, 0.15) is 11.4 Å². The van der Waals surface area contributed by atoms with Crippen molar-refractivity contribution in [3.8, 4) is 5.75 Å².